The summed E-state index contributed by atoms with van der Waals surface area (Å²) in [7, 11) is 1.76. The normalized spacial score (nSPS) is 11.4. The van der Waals surface area contributed by atoms with Gasteiger partial charge >= 0.3 is 12.1 Å². The maximum atomic E-state index is 12.3. The number of amides is 1. The lowest BCUT2D eigenvalue weighted by atomic mass is 10.1. The molecule has 8 heteroatoms. The Hall–Kier alpha value is -2.64. The molecule has 0 aliphatic carbocycles. The molecule has 0 aromatic carbocycles. The zero-order chi connectivity index (χ0) is 18.8. The lowest BCUT2D eigenvalue weighted by Crippen LogP contribution is -2.28. The summed E-state index contributed by atoms with van der Waals surface area (Å²) < 4.78 is 12.0. The quantitative estimate of drug-likeness (QED) is 0.853. The highest BCUT2D eigenvalue weighted by Crippen LogP contribution is 2.30. The number of fused-ring (bicyclic) bond motifs is 1. The first-order chi connectivity index (χ1) is 11.7. The fourth-order valence-electron chi connectivity index (χ4n) is 2.45. The van der Waals surface area contributed by atoms with Crippen molar-refractivity contribution in [3.63, 3.8) is 0 Å². The van der Waals surface area contributed by atoms with Crippen molar-refractivity contribution in [1.29, 1.82) is 0 Å². The van der Waals surface area contributed by atoms with Crippen LogP contribution in [0.5, 0.6) is 0 Å². The van der Waals surface area contributed by atoms with Crippen LogP contribution in [0, 0.1) is 0 Å². The summed E-state index contributed by atoms with van der Waals surface area (Å²) in [5, 5.41) is 7.70. The number of carbonyl (C=O) groups is 2. The fraction of sp³-hybridized carbons (Fsp3) is 0.529. The third kappa shape index (κ3) is 4.07. The number of hydrogen-bond donors (Lipinski definition) is 1. The van der Waals surface area contributed by atoms with E-state index in [1.54, 1.807) is 39.4 Å². The molecule has 0 unspecified atom stereocenters. The molecule has 25 heavy (non-hydrogen) atoms. The van der Waals surface area contributed by atoms with Crippen LogP contribution in [0.4, 0.5) is 10.5 Å². The molecule has 1 amide bonds. The van der Waals surface area contributed by atoms with Crippen LogP contribution in [0.3, 0.4) is 0 Å². The third-order valence-electron chi connectivity index (χ3n) is 3.38. The largest absolute Gasteiger partial charge is 0.462 e. The number of hydrogen-bond acceptors (Lipinski definition) is 6. The molecule has 136 valence electrons. The van der Waals surface area contributed by atoms with Gasteiger partial charge in [-0.25, -0.2) is 14.6 Å². The number of nitrogens with one attached hydrogen (secondary N) is 1. The first-order valence-corrected chi connectivity index (χ1v) is 8.19. The number of carbonyl (C=O) groups excluding carboxylic acids is 2. The highest BCUT2D eigenvalue weighted by atomic mass is 16.6. The average Bonchev–Trinajstić information content (AvgIpc) is 2.82. The summed E-state index contributed by atoms with van der Waals surface area (Å²) in [6.45, 7) is 9.17. The maximum absolute atomic E-state index is 12.3. The van der Waals surface area contributed by atoms with E-state index < -0.39 is 17.7 Å². The van der Waals surface area contributed by atoms with Crippen molar-refractivity contribution < 1.29 is 19.1 Å². The maximum Gasteiger partial charge on any atom is 0.412 e. The van der Waals surface area contributed by atoms with Gasteiger partial charge in [-0.15, -0.1) is 0 Å². The average molecular weight is 348 g/mol. The molecule has 1 N–H and O–H groups in total. The van der Waals surface area contributed by atoms with Crippen LogP contribution in [0.25, 0.3) is 11.0 Å². The Morgan fingerprint density at radius 3 is 2.52 bits per heavy atom. The van der Waals surface area contributed by atoms with Crippen molar-refractivity contribution in [3.8, 4) is 0 Å². The minimum absolute atomic E-state index is 0.169. The zero-order valence-corrected chi connectivity index (χ0v) is 15.5. The van der Waals surface area contributed by atoms with Gasteiger partial charge in [-0.05, 0) is 34.1 Å². The number of esters is 1. The second-order valence-electron chi connectivity index (χ2n) is 6.52. The predicted octanol–water partition coefficient (Wildman–Crippen LogP) is 3.05. The molecule has 0 bridgehead atoms. The van der Waals surface area contributed by atoms with E-state index in [2.05, 4.69) is 15.4 Å². The van der Waals surface area contributed by atoms with Gasteiger partial charge < -0.3 is 9.47 Å². The Morgan fingerprint density at radius 2 is 1.96 bits per heavy atom. The van der Waals surface area contributed by atoms with E-state index in [1.165, 1.54) is 6.20 Å². The molecule has 0 radical (unpaired) electrons. The molecule has 2 rings (SSSR count). The summed E-state index contributed by atoms with van der Waals surface area (Å²) in [5.41, 5.74) is 1.10. The van der Waals surface area contributed by atoms with E-state index in [0.29, 0.717) is 23.1 Å². The van der Waals surface area contributed by atoms with Crippen LogP contribution in [0.2, 0.25) is 0 Å². The Labute approximate surface area is 146 Å². The number of aryl methyl sites for hydroxylation is 2. The van der Waals surface area contributed by atoms with Crippen molar-refractivity contribution in [3.05, 3.63) is 17.5 Å². The Morgan fingerprint density at radius 1 is 1.28 bits per heavy atom. The van der Waals surface area contributed by atoms with Crippen molar-refractivity contribution in [2.75, 3.05) is 11.9 Å². The van der Waals surface area contributed by atoms with E-state index in [9.17, 15) is 9.59 Å². The molecule has 2 aromatic rings. The first-order valence-electron chi connectivity index (χ1n) is 8.19. The smallest absolute Gasteiger partial charge is 0.412 e. The molecule has 0 saturated heterocycles. The molecular weight excluding hydrogens is 324 g/mol. The van der Waals surface area contributed by atoms with E-state index in [4.69, 9.17) is 9.47 Å². The van der Waals surface area contributed by atoms with Crippen molar-refractivity contribution >= 4 is 28.8 Å². The topological polar surface area (TPSA) is 95.3 Å². The summed E-state index contributed by atoms with van der Waals surface area (Å²) in [5.74, 6) is -0.561. The molecule has 2 aromatic heterocycles. The monoisotopic (exact) mass is 348 g/mol. The summed E-state index contributed by atoms with van der Waals surface area (Å²) in [6, 6.07) is 0. The summed E-state index contributed by atoms with van der Waals surface area (Å²) in [4.78, 5) is 28.9. The van der Waals surface area contributed by atoms with Crippen molar-refractivity contribution in [1.82, 2.24) is 14.8 Å². The lowest BCUT2D eigenvalue weighted by Gasteiger charge is -2.20. The van der Waals surface area contributed by atoms with Gasteiger partial charge in [0.05, 0.1) is 23.4 Å². The number of nitrogens with zero attached hydrogens (tertiary/aromatic N) is 3. The Kier molecular flexibility index (Phi) is 5.30. The molecule has 2 heterocycles. The van der Waals surface area contributed by atoms with E-state index >= 15 is 0 Å². The standard InChI is InChI=1S/C17H24N4O4/c1-7-11-12-13(19-16(23)25-17(3,4)5)10(15(22)24-8-2)9-18-14(12)21(6)20-11/h9H,7-8H2,1-6H3,(H,18,19,23). The van der Waals surface area contributed by atoms with E-state index in [-0.39, 0.29) is 12.2 Å². The fourth-order valence-corrected chi connectivity index (χ4v) is 2.45. The molecule has 0 aliphatic rings. The van der Waals surface area contributed by atoms with Crippen molar-refractivity contribution in [2.24, 2.45) is 7.05 Å². The van der Waals surface area contributed by atoms with Crippen LogP contribution < -0.4 is 5.32 Å². The van der Waals surface area contributed by atoms with Gasteiger partial charge in [-0.1, -0.05) is 6.92 Å². The number of anilines is 1. The Bertz CT molecular complexity index is 805. The summed E-state index contributed by atoms with van der Waals surface area (Å²) in [6.07, 6.45) is 1.35. The second-order valence-corrected chi connectivity index (χ2v) is 6.52. The second kappa shape index (κ2) is 7.08. The van der Waals surface area contributed by atoms with Crippen LogP contribution in [0.15, 0.2) is 6.20 Å². The highest BCUT2D eigenvalue weighted by Gasteiger charge is 2.25. The van der Waals surface area contributed by atoms with Crippen molar-refractivity contribution in [2.45, 2.75) is 46.6 Å². The number of ether oxygens (including phenoxy) is 2. The number of aromatic nitrogens is 3. The molecular formula is C17H24N4O4. The van der Waals surface area contributed by atoms with Crippen LogP contribution in [0.1, 0.15) is 50.7 Å². The lowest BCUT2D eigenvalue weighted by molar-refractivity contribution is 0.0527. The third-order valence-corrected chi connectivity index (χ3v) is 3.38. The molecule has 0 saturated carbocycles. The molecule has 0 fully saturated rings. The molecule has 0 spiro atoms. The van der Waals surface area contributed by atoms with Gasteiger partial charge in [0.25, 0.3) is 0 Å². The van der Waals surface area contributed by atoms with Gasteiger partial charge in [0.1, 0.15) is 11.2 Å². The number of rotatable bonds is 4. The molecule has 0 atom stereocenters. The SMILES string of the molecule is CCOC(=O)c1cnc2c(c(CC)nn2C)c1NC(=O)OC(C)(C)C. The van der Waals surface area contributed by atoms with Crippen LogP contribution in [-0.4, -0.2) is 39.0 Å². The van der Waals surface area contributed by atoms with Gasteiger partial charge in [0, 0.05) is 13.2 Å². The van der Waals surface area contributed by atoms with Gasteiger partial charge in [-0.2, -0.15) is 5.10 Å². The van der Waals surface area contributed by atoms with E-state index in [0.717, 1.165) is 5.69 Å². The van der Waals surface area contributed by atoms with Gasteiger partial charge in [0.15, 0.2) is 5.65 Å². The van der Waals surface area contributed by atoms with Gasteiger partial charge in [0.2, 0.25) is 0 Å². The minimum Gasteiger partial charge on any atom is -0.462 e. The predicted molar refractivity (Wildman–Crippen MR) is 93.7 cm³/mol. The molecule has 8 nitrogen and oxygen atoms in total. The summed E-state index contributed by atoms with van der Waals surface area (Å²) >= 11 is 0. The minimum atomic E-state index is -0.664. The Balaban J connectivity index is 2.60. The van der Waals surface area contributed by atoms with Gasteiger partial charge in [-0.3, -0.25) is 10.00 Å². The first kappa shape index (κ1) is 18.7. The molecule has 0 aliphatic heterocycles. The zero-order valence-electron chi connectivity index (χ0n) is 15.5. The number of pyridine rings is 1. The van der Waals surface area contributed by atoms with Crippen LogP contribution >= 0.6 is 0 Å². The van der Waals surface area contributed by atoms with Crippen LogP contribution in [-0.2, 0) is 22.9 Å². The van der Waals surface area contributed by atoms with E-state index in [1.807, 2.05) is 6.92 Å². The highest BCUT2D eigenvalue weighted by molar-refractivity contribution is 6.09.